The van der Waals surface area contributed by atoms with Crippen LogP contribution in [0.2, 0.25) is 0 Å². The zero-order valence-corrected chi connectivity index (χ0v) is 11.5. The van der Waals surface area contributed by atoms with Crippen LogP contribution in [0.3, 0.4) is 0 Å². The number of carbonyl (C=O) groups is 1. The maximum atomic E-state index is 10.8. The molecule has 0 amide bonds. The Bertz CT molecular complexity index is 434. The van der Waals surface area contributed by atoms with Gasteiger partial charge < -0.3 is 10.4 Å². The number of pyridine rings is 1. The van der Waals surface area contributed by atoms with Gasteiger partial charge in [-0.25, -0.2) is 0 Å². The SMILES string of the molecule is CC1(C)CNC(CC(=O)O)CN1Cc1ccccn1. The molecule has 0 saturated carbocycles. The summed E-state index contributed by atoms with van der Waals surface area (Å²) in [4.78, 5) is 17.5. The molecule has 0 radical (unpaired) electrons. The smallest absolute Gasteiger partial charge is 0.304 e. The third-order valence-electron chi connectivity index (χ3n) is 3.62. The van der Waals surface area contributed by atoms with Crippen molar-refractivity contribution in [2.75, 3.05) is 13.1 Å². The van der Waals surface area contributed by atoms with E-state index in [1.807, 2.05) is 18.2 Å². The van der Waals surface area contributed by atoms with E-state index in [4.69, 9.17) is 5.11 Å². The average molecular weight is 263 g/mol. The number of nitrogens with zero attached hydrogens (tertiary/aromatic N) is 2. The molecule has 0 aromatic carbocycles. The monoisotopic (exact) mass is 263 g/mol. The fourth-order valence-corrected chi connectivity index (χ4v) is 2.40. The summed E-state index contributed by atoms with van der Waals surface area (Å²) in [5.41, 5.74) is 1.03. The first kappa shape index (κ1) is 14.0. The van der Waals surface area contributed by atoms with Gasteiger partial charge in [-0.1, -0.05) is 6.07 Å². The van der Waals surface area contributed by atoms with Gasteiger partial charge in [-0.3, -0.25) is 14.7 Å². The molecule has 1 aromatic rings. The minimum absolute atomic E-state index is 0.00647. The summed E-state index contributed by atoms with van der Waals surface area (Å²) in [6.45, 7) is 6.61. The van der Waals surface area contributed by atoms with Gasteiger partial charge in [0.1, 0.15) is 0 Å². The highest BCUT2D eigenvalue weighted by atomic mass is 16.4. The second kappa shape index (κ2) is 5.67. The highest BCUT2D eigenvalue weighted by molar-refractivity contribution is 5.67. The van der Waals surface area contributed by atoms with E-state index in [1.54, 1.807) is 6.20 Å². The number of carboxylic acid groups (broad SMARTS) is 1. The molecule has 1 saturated heterocycles. The molecule has 19 heavy (non-hydrogen) atoms. The van der Waals surface area contributed by atoms with Crippen molar-refractivity contribution in [1.29, 1.82) is 0 Å². The quantitative estimate of drug-likeness (QED) is 0.852. The van der Waals surface area contributed by atoms with Gasteiger partial charge in [-0.05, 0) is 26.0 Å². The van der Waals surface area contributed by atoms with Crippen molar-refractivity contribution >= 4 is 5.97 Å². The fraction of sp³-hybridized carbons (Fsp3) is 0.571. The molecule has 5 nitrogen and oxygen atoms in total. The average Bonchev–Trinajstić information content (AvgIpc) is 2.34. The second-order valence-electron chi connectivity index (χ2n) is 5.69. The van der Waals surface area contributed by atoms with Crippen LogP contribution < -0.4 is 5.32 Å². The predicted octanol–water partition coefficient (Wildman–Crippen LogP) is 1.11. The van der Waals surface area contributed by atoms with Gasteiger partial charge in [0.15, 0.2) is 0 Å². The lowest BCUT2D eigenvalue weighted by Gasteiger charge is -2.45. The lowest BCUT2D eigenvalue weighted by Crippen LogP contribution is -2.61. The summed E-state index contributed by atoms with van der Waals surface area (Å²) in [5, 5.41) is 12.2. The van der Waals surface area contributed by atoms with Gasteiger partial charge in [0, 0.05) is 37.4 Å². The number of aromatic nitrogens is 1. The summed E-state index contributed by atoms with van der Waals surface area (Å²) in [6, 6.07) is 5.89. The first-order chi connectivity index (χ1) is 8.97. The molecule has 1 atom stereocenters. The third kappa shape index (κ3) is 3.75. The number of piperazine rings is 1. The van der Waals surface area contributed by atoms with E-state index in [0.29, 0.717) is 0 Å². The molecule has 0 bridgehead atoms. The third-order valence-corrected chi connectivity index (χ3v) is 3.62. The molecule has 104 valence electrons. The molecule has 0 aliphatic carbocycles. The van der Waals surface area contributed by atoms with Crippen molar-refractivity contribution in [1.82, 2.24) is 15.2 Å². The Morgan fingerprint density at radius 1 is 1.58 bits per heavy atom. The molecule has 5 heteroatoms. The Hall–Kier alpha value is -1.46. The zero-order valence-electron chi connectivity index (χ0n) is 11.5. The summed E-state index contributed by atoms with van der Waals surface area (Å²) < 4.78 is 0. The molecule has 2 rings (SSSR count). The van der Waals surface area contributed by atoms with E-state index in [2.05, 4.69) is 29.0 Å². The van der Waals surface area contributed by atoms with Crippen LogP contribution in [0, 0.1) is 0 Å². The Labute approximate surface area is 113 Å². The Kier molecular flexibility index (Phi) is 4.17. The molecular formula is C14H21N3O2. The van der Waals surface area contributed by atoms with Crippen molar-refractivity contribution in [3.8, 4) is 0 Å². The van der Waals surface area contributed by atoms with Crippen LogP contribution in [-0.4, -0.2) is 45.6 Å². The Balaban J connectivity index is 2.04. The Morgan fingerprint density at radius 2 is 2.37 bits per heavy atom. The van der Waals surface area contributed by atoms with Gasteiger partial charge in [-0.15, -0.1) is 0 Å². The lowest BCUT2D eigenvalue weighted by molar-refractivity contribution is -0.138. The van der Waals surface area contributed by atoms with Gasteiger partial charge >= 0.3 is 5.97 Å². The van der Waals surface area contributed by atoms with Crippen LogP contribution in [0.5, 0.6) is 0 Å². The number of hydrogen-bond donors (Lipinski definition) is 2. The Morgan fingerprint density at radius 3 is 3.00 bits per heavy atom. The summed E-state index contributed by atoms with van der Waals surface area (Å²) in [6.07, 6.45) is 1.95. The first-order valence-electron chi connectivity index (χ1n) is 6.57. The van der Waals surface area contributed by atoms with Crippen molar-refractivity contribution in [2.45, 2.75) is 38.4 Å². The molecule has 1 fully saturated rings. The van der Waals surface area contributed by atoms with E-state index in [9.17, 15) is 4.79 Å². The maximum absolute atomic E-state index is 10.8. The van der Waals surface area contributed by atoms with Crippen molar-refractivity contribution in [3.63, 3.8) is 0 Å². The van der Waals surface area contributed by atoms with Gasteiger partial charge in [0.25, 0.3) is 0 Å². The summed E-state index contributed by atoms with van der Waals surface area (Å²) in [7, 11) is 0. The minimum Gasteiger partial charge on any atom is -0.481 e. The van der Waals surface area contributed by atoms with E-state index < -0.39 is 5.97 Å². The molecule has 1 aliphatic rings. The number of hydrogen-bond acceptors (Lipinski definition) is 4. The van der Waals surface area contributed by atoms with Crippen molar-refractivity contribution in [2.24, 2.45) is 0 Å². The van der Waals surface area contributed by atoms with E-state index >= 15 is 0 Å². The van der Waals surface area contributed by atoms with Crippen LogP contribution in [0.15, 0.2) is 24.4 Å². The number of nitrogens with one attached hydrogen (secondary N) is 1. The van der Waals surface area contributed by atoms with E-state index in [-0.39, 0.29) is 18.0 Å². The molecule has 1 aromatic heterocycles. The van der Waals surface area contributed by atoms with E-state index in [1.165, 1.54) is 0 Å². The largest absolute Gasteiger partial charge is 0.481 e. The molecule has 1 aliphatic heterocycles. The minimum atomic E-state index is -0.755. The predicted molar refractivity (Wildman–Crippen MR) is 72.8 cm³/mol. The molecule has 2 heterocycles. The first-order valence-corrected chi connectivity index (χ1v) is 6.57. The van der Waals surface area contributed by atoms with Crippen LogP contribution in [0.25, 0.3) is 0 Å². The highest BCUT2D eigenvalue weighted by Crippen LogP contribution is 2.21. The van der Waals surface area contributed by atoms with Crippen LogP contribution in [0.1, 0.15) is 26.0 Å². The fourth-order valence-electron chi connectivity index (χ4n) is 2.40. The lowest BCUT2D eigenvalue weighted by atomic mass is 9.96. The topological polar surface area (TPSA) is 65.5 Å². The molecular weight excluding hydrogens is 242 g/mol. The normalized spacial score (nSPS) is 23.2. The number of rotatable bonds is 4. The van der Waals surface area contributed by atoms with Gasteiger partial charge in [0.2, 0.25) is 0 Å². The van der Waals surface area contributed by atoms with Crippen molar-refractivity contribution < 1.29 is 9.90 Å². The number of aliphatic carboxylic acids is 1. The van der Waals surface area contributed by atoms with Crippen LogP contribution in [-0.2, 0) is 11.3 Å². The van der Waals surface area contributed by atoms with Gasteiger partial charge in [0.05, 0.1) is 12.1 Å². The van der Waals surface area contributed by atoms with Crippen molar-refractivity contribution in [3.05, 3.63) is 30.1 Å². The maximum Gasteiger partial charge on any atom is 0.304 e. The van der Waals surface area contributed by atoms with Gasteiger partial charge in [-0.2, -0.15) is 0 Å². The molecule has 0 spiro atoms. The van der Waals surface area contributed by atoms with E-state index in [0.717, 1.165) is 25.3 Å². The second-order valence-corrected chi connectivity index (χ2v) is 5.69. The number of carboxylic acids is 1. The summed E-state index contributed by atoms with van der Waals surface area (Å²) >= 11 is 0. The zero-order chi connectivity index (χ0) is 13.9. The summed E-state index contributed by atoms with van der Waals surface area (Å²) in [5.74, 6) is -0.755. The molecule has 2 N–H and O–H groups in total. The highest BCUT2D eigenvalue weighted by Gasteiger charge is 2.34. The van der Waals surface area contributed by atoms with Crippen LogP contribution >= 0.6 is 0 Å². The molecule has 1 unspecified atom stereocenters. The standard InChI is InChI=1S/C14H21N3O2/c1-14(2)10-16-12(7-13(18)19)9-17(14)8-11-5-3-4-6-15-11/h3-6,12,16H,7-10H2,1-2H3,(H,18,19). The van der Waals surface area contributed by atoms with Crippen LogP contribution in [0.4, 0.5) is 0 Å².